The molecule has 1 aromatic rings. The lowest BCUT2D eigenvalue weighted by molar-refractivity contribution is -0.150. The average molecular weight is 419 g/mol. The Hall–Kier alpha value is -2.81. The van der Waals surface area contributed by atoms with E-state index < -0.39 is 18.0 Å². The molecule has 0 unspecified atom stereocenters. The van der Waals surface area contributed by atoms with Crippen molar-refractivity contribution in [3.63, 3.8) is 0 Å². The van der Waals surface area contributed by atoms with E-state index in [1.807, 2.05) is 0 Å². The molecule has 1 aromatic heterocycles. The maximum Gasteiger partial charge on any atom is 0.338 e. The van der Waals surface area contributed by atoms with Crippen molar-refractivity contribution in [2.24, 2.45) is 5.92 Å². The Morgan fingerprint density at radius 3 is 2.67 bits per heavy atom. The summed E-state index contributed by atoms with van der Waals surface area (Å²) < 4.78 is 16.1. The first-order chi connectivity index (χ1) is 14.4. The van der Waals surface area contributed by atoms with Crippen LogP contribution in [0.25, 0.3) is 0 Å². The molecule has 2 aliphatic rings. The van der Waals surface area contributed by atoms with Crippen LogP contribution in [0.1, 0.15) is 44.3 Å². The molecule has 0 aromatic carbocycles. The van der Waals surface area contributed by atoms with Gasteiger partial charge >= 0.3 is 18.0 Å². The number of nitrogens with zero attached hydrogens (tertiary/aromatic N) is 1. The highest BCUT2D eigenvalue weighted by Crippen LogP contribution is 2.30. The second-order valence-corrected chi connectivity index (χ2v) is 7.42. The zero-order chi connectivity index (χ0) is 21.7. The Kier molecular flexibility index (Phi) is 7.15. The zero-order valence-electron chi connectivity index (χ0n) is 17.7. The molecule has 1 fully saturated rings. The van der Waals surface area contributed by atoms with E-state index in [1.165, 1.54) is 0 Å². The summed E-state index contributed by atoms with van der Waals surface area (Å²) in [5.74, 6) is 0.200. The number of nitrogens with one attached hydrogen (secondary N) is 2. The van der Waals surface area contributed by atoms with Crippen molar-refractivity contribution in [2.45, 2.75) is 39.7 Å². The number of aryl methyl sites for hydroxylation is 1. The lowest BCUT2D eigenvalue weighted by atomic mass is 9.96. The first-order valence-electron chi connectivity index (χ1n) is 10.4. The van der Waals surface area contributed by atoms with Gasteiger partial charge in [0.2, 0.25) is 0 Å². The molecular weight excluding hydrogens is 390 g/mol. The highest BCUT2D eigenvalue weighted by molar-refractivity contribution is 5.95. The number of carbonyl (C=O) groups is 3. The van der Waals surface area contributed by atoms with E-state index in [4.69, 9.17) is 13.9 Å². The molecular formula is C21H29N3O6. The topological polar surface area (TPSA) is 110 Å². The number of ether oxygens (including phenoxy) is 2. The number of hydrogen-bond donors (Lipinski definition) is 2. The molecule has 0 bridgehead atoms. The molecule has 30 heavy (non-hydrogen) atoms. The maximum atomic E-state index is 12.8. The normalized spacial score (nSPS) is 22.3. The van der Waals surface area contributed by atoms with Crippen LogP contribution >= 0.6 is 0 Å². The van der Waals surface area contributed by atoms with Gasteiger partial charge in [0.15, 0.2) is 0 Å². The number of carbonyl (C=O) groups excluding carboxylic acids is 3. The van der Waals surface area contributed by atoms with Gasteiger partial charge in [-0.25, -0.2) is 9.59 Å². The number of hydrogen-bond acceptors (Lipinski definition) is 7. The lowest BCUT2D eigenvalue weighted by Gasteiger charge is -2.34. The van der Waals surface area contributed by atoms with Crippen LogP contribution in [0.3, 0.4) is 0 Å². The molecule has 2 amide bonds. The summed E-state index contributed by atoms with van der Waals surface area (Å²) in [6.07, 6.45) is 1.60. The van der Waals surface area contributed by atoms with Crippen molar-refractivity contribution in [3.8, 4) is 0 Å². The Bertz CT molecular complexity index is 830. The third kappa shape index (κ3) is 5.02. The highest BCUT2D eigenvalue weighted by atomic mass is 16.5. The lowest BCUT2D eigenvalue weighted by Crippen LogP contribution is -2.49. The van der Waals surface area contributed by atoms with Crippen LogP contribution in [0.2, 0.25) is 0 Å². The molecule has 164 valence electrons. The van der Waals surface area contributed by atoms with Crippen molar-refractivity contribution in [1.82, 2.24) is 15.5 Å². The fourth-order valence-electron chi connectivity index (χ4n) is 3.89. The standard InChI is InChI=1S/C21H29N3O6/c1-4-28-19(25)14-7-6-10-24(11-14)12-15-17(20(26)29-5-2)18(23-21(27)22-15)16-9-8-13(3)30-16/h8-9,14,18H,4-7,10-12H2,1-3H3,(H2,22,23,27)/t14-,18-/m1/s1. The maximum absolute atomic E-state index is 12.8. The number of rotatable bonds is 7. The van der Waals surface area contributed by atoms with Gasteiger partial charge in [0.05, 0.1) is 24.7 Å². The average Bonchev–Trinajstić information content (AvgIpc) is 3.14. The summed E-state index contributed by atoms with van der Waals surface area (Å²) in [5.41, 5.74) is 0.768. The second-order valence-electron chi connectivity index (χ2n) is 7.42. The number of urea groups is 1. The molecule has 0 radical (unpaired) electrons. The van der Waals surface area contributed by atoms with Gasteiger partial charge in [-0.15, -0.1) is 0 Å². The largest absolute Gasteiger partial charge is 0.466 e. The molecule has 2 aliphatic heterocycles. The van der Waals surface area contributed by atoms with E-state index >= 15 is 0 Å². The smallest absolute Gasteiger partial charge is 0.338 e. The minimum absolute atomic E-state index is 0.208. The summed E-state index contributed by atoms with van der Waals surface area (Å²) in [7, 11) is 0. The summed E-state index contributed by atoms with van der Waals surface area (Å²) in [5, 5.41) is 5.51. The third-order valence-electron chi connectivity index (χ3n) is 5.20. The quantitative estimate of drug-likeness (QED) is 0.651. The van der Waals surface area contributed by atoms with Crippen LogP contribution < -0.4 is 10.6 Å². The van der Waals surface area contributed by atoms with Gasteiger partial charge in [-0.2, -0.15) is 0 Å². The fraction of sp³-hybridized carbons (Fsp3) is 0.571. The van der Waals surface area contributed by atoms with Crippen molar-refractivity contribution in [3.05, 3.63) is 34.9 Å². The van der Waals surface area contributed by atoms with Gasteiger partial charge in [-0.1, -0.05) is 0 Å². The van der Waals surface area contributed by atoms with E-state index in [2.05, 4.69) is 15.5 Å². The number of furan rings is 1. The summed E-state index contributed by atoms with van der Waals surface area (Å²) in [6.45, 7) is 7.44. The van der Waals surface area contributed by atoms with Crippen LogP contribution in [0, 0.1) is 12.8 Å². The Morgan fingerprint density at radius 1 is 1.23 bits per heavy atom. The number of likely N-dealkylation sites (tertiary alicyclic amines) is 1. The Morgan fingerprint density at radius 2 is 2.00 bits per heavy atom. The van der Waals surface area contributed by atoms with E-state index in [0.29, 0.717) is 42.5 Å². The van der Waals surface area contributed by atoms with Crippen LogP contribution in [0.5, 0.6) is 0 Å². The molecule has 3 heterocycles. The van der Waals surface area contributed by atoms with E-state index in [-0.39, 0.29) is 18.5 Å². The first-order valence-corrected chi connectivity index (χ1v) is 10.4. The van der Waals surface area contributed by atoms with Crippen molar-refractivity contribution >= 4 is 18.0 Å². The predicted molar refractivity (Wildman–Crippen MR) is 107 cm³/mol. The molecule has 9 nitrogen and oxygen atoms in total. The monoisotopic (exact) mass is 419 g/mol. The summed E-state index contributed by atoms with van der Waals surface area (Å²) in [6, 6.07) is 2.35. The number of piperidine rings is 1. The van der Waals surface area contributed by atoms with Crippen LogP contribution in [0.15, 0.2) is 27.8 Å². The fourth-order valence-corrected chi connectivity index (χ4v) is 3.89. The second kappa shape index (κ2) is 9.80. The van der Waals surface area contributed by atoms with Crippen LogP contribution in [-0.2, 0) is 19.1 Å². The molecule has 0 aliphatic carbocycles. The first kappa shape index (κ1) is 21.9. The Balaban J connectivity index is 1.88. The molecule has 3 rings (SSSR count). The predicted octanol–water partition coefficient (Wildman–Crippen LogP) is 2.03. The summed E-state index contributed by atoms with van der Waals surface area (Å²) in [4.78, 5) is 39.4. The van der Waals surface area contributed by atoms with Gasteiger partial charge in [-0.3, -0.25) is 9.69 Å². The summed E-state index contributed by atoms with van der Waals surface area (Å²) >= 11 is 0. The van der Waals surface area contributed by atoms with E-state index in [0.717, 1.165) is 19.4 Å². The van der Waals surface area contributed by atoms with E-state index in [1.54, 1.807) is 32.9 Å². The van der Waals surface area contributed by atoms with Gasteiger partial charge in [-0.05, 0) is 52.3 Å². The van der Waals surface area contributed by atoms with Crippen LogP contribution in [0.4, 0.5) is 4.79 Å². The minimum atomic E-state index is -0.743. The van der Waals surface area contributed by atoms with Gasteiger partial charge in [0, 0.05) is 18.8 Å². The molecule has 2 N–H and O–H groups in total. The van der Waals surface area contributed by atoms with E-state index in [9.17, 15) is 14.4 Å². The van der Waals surface area contributed by atoms with Crippen molar-refractivity contribution in [1.29, 1.82) is 0 Å². The molecule has 0 spiro atoms. The zero-order valence-corrected chi connectivity index (χ0v) is 17.7. The molecule has 2 atom stereocenters. The van der Waals surface area contributed by atoms with Gasteiger partial charge in [0.1, 0.15) is 17.6 Å². The third-order valence-corrected chi connectivity index (χ3v) is 5.20. The van der Waals surface area contributed by atoms with Crippen molar-refractivity contribution < 1.29 is 28.3 Å². The van der Waals surface area contributed by atoms with Crippen molar-refractivity contribution in [2.75, 3.05) is 32.8 Å². The minimum Gasteiger partial charge on any atom is -0.466 e. The molecule has 9 heteroatoms. The molecule has 0 saturated carbocycles. The van der Waals surface area contributed by atoms with Gasteiger partial charge in [0.25, 0.3) is 0 Å². The van der Waals surface area contributed by atoms with Crippen LogP contribution in [-0.4, -0.2) is 55.7 Å². The SMILES string of the molecule is CCOC(=O)C1=C(CN2CCC[C@@H](C(=O)OCC)C2)NC(=O)N[C@@H]1c1ccc(C)o1. The Labute approximate surface area is 175 Å². The van der Waals surface area contributed by atoms with Gasteiger partial charge < -0.3 is 24.5 Å². The molecule has 1 saturated heterocycles. The number of esters is 2. The number of amides is 2. The highest BCUT2D eigenvalue weighted by Gasteiger charge is 2.37.